The Labute approximate surface area is 312 Å². The number of aliphatic hydroxyl groups is 1. The van der Waals surface area contributed by atoms with E-state index in [1.54, 1.807) is 0 Å². The van der Waals surface area contributed by atoms with Crippen LogP contribution in [0.5, 0.6) is 0 Å². The fourth-order valence-corrected chi connectivity index (χ4v) is 6.30. The summed E-state index contributed by atoms with van der Waals surface area (Å²) in [4.78, 5) is 0. The van der Waals surface area contributed by atoms with Crippen LogP contribution in [-0.2, 0) is 69.1 Å². The van der Waals surface area contributed by atoms with Crippen LogP contribution in [0.3, 0.4) is 0 Å². The second-order valence-electron chi connectivity index (χ2n) is 13.8. The third-order valence-corrected chi connectivity index (χ3v) is 9.14. The predicted octanol–water partition coefficient (Wildman–Crippen LogP) is 6.58. The Balaban J connectivity index is 1.27. The molecule has 0 aliphatic carbocycles. The van der Waals surface area contributed by atoms with Crippen LogP contribution in [0.15, 0.2) is 121 Å². The van der Waals surface area contributed by atoms with E-state index in [9.17, 15) is 5.11 Å². The summed E-state index contributed by atoms with van der Waals surface area (Å²) in [6.07, 6.45) is -5.61. The zero-order chi connectivity index (χ0) is 36.9. The summed E-state index contributed by atoms with van der Waals surface area (Å²) in [5.74, 6) is -0.899. The first-order chi connectivity index (χ1) is 25.9. The average molecular weight is 729 g/mol. The van der Waals surface area contributed by atoms with Crippen LogP contribution >= 0.6 is 0 Å². The van der Waals surface area contributed by atoms with E-state index in [-0.39, 0.29) is 26.4 Å². The molecule has 4 aromatic carbocycles. The Kier molecular flexibility index (Phi) is 14.6. The Morgan fingerprint density at radius 1 is 0.623 bits per heavy atom. The number of hydrogen-bond acceptors (Lipinski definition) is 10. The first kappa shape index (κ1) is 39.2. The maximum atomic E-state index is 10.4. The van der Waals surface area contributed by atoms with Crippen molar-refractivity contribution in [3.63, 3.8) is 0 Å². The van der Waals surface area contributed by atoms with Gasteiger partial charge in [-0.2, -0.15) is 0 Å². The van der Waals surface area contributed by atoms with E-state index >= 15 is 0 Å². The molecule has 1 unspecified atom stereocenters. The molecular weight excluding hydrogens is 676 g/mol. The van der Waals surface area contributed by atoms with Crippen LogP contribution in [0.1, 0.15) is 43.0 Å². The van der Waals surface area contributed by atoms with Crippen molar-refractivity contribution < 1.29 is 47.7 Å². The van der Waals surface area contributed by atoms with Gasteiger partial charge in [-0.05, 0) is 43.0 Å². The molecular formula is C43H52O10. The Morgan fingerprint density at radius 3 is 1.60 bits per heavy atom. The highest BCUT2D eigenvalue weighted by Crippen LogP contribution is 2.39. The van der Waals surface area contributed by atoms with Gasteiger partial charge in [-0.25, -0.2) is 0 Å². The minimum Gasteiger partial charge on any atom is -0.394 e. The van der Waals surface area contributed by atoms with Crippen molar-refractivity contribution in [3.8, 4) is 0 Å². The van der Waals surface area contributed by atoms with Gasteiger partial charge in [0.05, 0.1) is 52.4 Å². The number of ether oxygens (including phenoxy) is 9. The monoisotopic (exact) mass is 728 g/mol. The van der Waals surface area contributed by atoms with E-state index in [2.05, 4.69) is 0 Å². The minimum absolute atomic E-state index is 0.136. The molecule has 284 valence electrons. The van der Waals surface area contributed by atoms with Crippen LogP contribution in [0, 0.1) is 0 Å². The van der Waals surface area contributed by atoms with E-state index in [1.165, 1.54) is 0 Å². The lowest BCUT2D eigenvalue weighted by Gasteiger charge is -2.36. The molecule has 2 aliphatic rings. The highest BCUT2D eigenvalue weighted by Gasteiger charge is 2.56. The van der Waals surface area contributed by atoms with Crippen molar-refractivity contribution in [2.45, 2.75) is 102 Å². The van der Waals surface area contributed by atoms with Gasteiger partial charge < -0.3 is 47.7 Å². The largest absolute Gasteiger partial charge is 0.394 e. The standard InChI is InChI=1S/C43H52O10/c1-31(47-27-34-20-12-6-13-21-34)37(29-45-25-32-16-8-4-9-17-32)50-41(51-39-36(24-44)49-42-40(39)52-43(2,3)53-42)38(48-28-35-22-14-7-15-23-35)30-46-26-33-18-10-5-11-19-33/h4-23,31,36-42,44H,24-30H2,1-3H3/t31-,36-,37?,38+,39+,40-,41+,42-/m1/s1. The second-order valence-corrected chi connectivity index (χ2v) is 13.8. The molecule has 0 amide bonds. The molecule has 0 spiro atoms. The summed E-state index contributed by atoms with van der Waals surface area (Å²) in [5.41, 5.74) is 4.08. The normalized spacial score (nSPS) is 22.9. The van der Waals surface area contributed by atoms with Gasteiger partial charge in [0.25, 0.3) is 0 Å². The quantitative estimate of drug-likeness (QED) is 0.0948. The highest BCUT2D eigenvalue weighted by molar-refractivity contribution is 5.16. The topological polar surface area (TPSA) is 103 Å². The Bertz CT molecular complexity index is 1590. The predicted molar refractivity (Wildman–Crippen MR) is 197 cm³/mol. The molecule has 0 bridgehead atoms. The summed E-state index contributed by atoms with van der Waals surface area (Å²) in [5, 5.41) is 10.4. The number of hydrogen-bond donors (Lipinski definition) is 1. The lowest BCUT2D eigenvalue weighted by Crippen LogP contribution is -2.49. The van der Waals surface area contributed by atoms with Crippen LogP contribution < -0.4 is 0 Å². The molecule has 53 heavy (non-hydrogen) atoms. The van der Waals surface area contributed by atoms with Crippen molar-refractivity contribution in [3.05, 3.63) is 144 Å². The fraction of sp³-hybridized carbons (Fsp3) is 0.442. The summed E-state index contributed by atoms with van der Waals surface area (Å²) in [6.45, 7) is 7.05. The molecule has 8 atom stereocenters. The van der Waals surface area contributed by atoms with E-state index in [1.807, 2.05) is 142 Å². The minimum atomic E-state index is -1.03. The van der Waals surface area contributed by atoms with E-state index in [0.29, 0.717) is 19.8 Å². The summed E-state index contributed by atoms with van der Waals surface area (Å²) in [7, 11) is 0. The summed E-state index contributed by atoms with van der Waals surface area (Å²) in [6, 6.07) is 39.8. The molecule has 6 rings (SSSR count). The maximum absolute atomic E-state index is 10.4. The molecule has 10 nitrogen and oxygen atoms in total. The third-order valence-electron chi connectivity index (χ3n) is 9.14. The molecule has 1 N–H and O–H groups in total. The van der Waals surface area contributed by atoms with Crippen LogP contribution in [0.25, 0.3) is 0 Å². The zero-order valence-electron chi connectivity index (χ0n) is 30.7. The van der Waals surface area contributed by atoms with Crippen molar-refractivity contribution in [2.75, 3.05) is 19.8 Å². The van der Waals surface area contributed by atoms with Gasteiger partial charge in [-0.1, -0.05) is 121 Å². The molecule has 10 heteroatoms. The SMILES string of the molecule is C[C@@H](OCc1ccccc1)C(COCc1ccccc1)O[C@@H](O[C@@H]1[C@H]2OC(C)(C)O[C@H]2O[C@@H]1CO)[C@H](COCc1ccccc1)OCc1ccccc1. The van der Waals surface area contributed by atoms with Crippen molar-refractivity contribution in [1.29, 1.82) is 0 Å². The molecule has 2 heterocycles. The number of aliphatic hydroxyl groups excluding tert-OH is 1. The molecule has 4 aromatic rings. The van der Waals surface area contributed by atoms with Gasteiger partial charge in [0.15, 0.2) is 18.4 Å². The molecule has 2 fully saturated rings. The Morgan fingerprint density at radius 2 is 1.09 bits per heavy atom. The van der Waals surface area contributed by atoms with Crippen molar-refractivity contribution in [2.24, 2.45) is 0 Å². The maximum Gasteiger partial charge on any atom is 0.190 e. The molecule has 0 saturated carbocycles. The third kappa shape index (κ3) is 11.7. The van der Waals surface area contributed by atoms with Gasteiger partial charge in [-0.3, -0.25) is 0 Å². The summed E-state index contributed by atoms with van der Waals surface area (Å²) >= 11 is 0. The second kappa shape index (κ2) is 19.7. The molecule has 2 saturated heterocycles. The number of rotatable bonds is 21. The molecule has 2 aliphatic heterocycles. The number of fused-ring (bicyclic) bond motifs is 1. The smallest absolute Gasteiger partial charge is 0.190 e. The number of benzene rings is 4. The zero-order valence-corrected chi connectivity index (χ0v) is 30.7. The first-order valence-corrected chi connectivity index (χ1v) is 18.3. The van der Waals surface area contributed by atoms with Crippen molar-refractivity contribution in [1.82, 2.24) is 0 Å². The highest BCUT2D eigenvalue weighted by atomic mass is 16.9. The van der Waals surface area contributed by atoms with Gasteiger partial charge in [0.2, 0.25) is 0 Å². The van der Waals surface area contributed by atoms with Gasteiger partial charge in [0, 0.05) is 0 Å². The lowest BCUT2D eigenvalue weighted by atomic mass is 10.1. The molecule has 0 aromatic heterocycles. The lowest BCUT2D eigenvalue weighted by molar-refractivity contribution is -0.293. The van der Waals surface area contributed by atoms with Crippen LogP contribution in [-0.4, -0.2) is 79.9 Å². The first-order valence-electron chi connectivity index (χ1n) is 18.3. The van der Waals surface area contributed by atoms with Crippen LogP contribution in [0.4, 0.5) is 0 Å². The van der Waals surface area contributed by atoms with E-state index in [0.717, 1.165) is 22.3 Å². The molecule has 0 radical (unpaired) electrons. The van der Waals surface area contributed by atoms with E-state index in [4.69, 9.17) is 42.6 Å². The van der Waals surface area contributed by atoms with Gasteiger partial charge >= 0.3 is 0 Å². The average Bonchev–Trinajstić information content (AvgIpc) is 3.66. The summed E-state index contributed by atoms with van der Waals surface area (Å²) < 4.78 is 57.7. The van der Waals surface area contributed by atoms with E-state index < -0.39 is 55.0 Å². The Hall–Kier alpha value is -3.52. The fourth-order valence-electron chi connectivity index (χ4n) is 6.30. The van der Waals surface area contributed by atoms with Gasteiger partial charge in [0.1, 0.15) is 30.5 Å². The van der Waals surface area contributed by atoms with Gasteiger partial charge in [-0.15, -0.1) is 0 Å². The van der Waals surface area contributed by atoms with Crippen molar-refractivity contribution >= 4 is 0 Å². The van der Waals surface area contributed by atoms with Crippen LogP contribution in [0.2, 0.25) is 0 Å².